The van der Waals surface area contributed by atoms with Gasteiger partial charge in [0, 0.05) is 19.3 Å². The normalized spacial score (nSPS) is 12.7. The van der Waals surface area contributed by atoms with E-state index in [1.807, 2.05) is 0 Å². The van der Waals surface area contributed by atoms with Gasteiger partial charge in [0.05, 0.1) is 0 Å². The topological polar surface area (TPSA) is 78.9 Å². The number of rotatable bonds is 50. The summed E-state index contributed by atoms with van der Waals surface area (Å²) in [6, 6.07) is 0. The molecule has 0 saturated carbocycles. The van der Waals surface area contributed by atoms with Crippen molar-refractivity contribution in [3.05, 3.63) is 85.1 Å². The lowest BCUT2D eigenvalue weighted by Gasteiger charge is -2.18. The van der Waals surface area contributed by atoms with Gasteiger partial charge in [0.1, 0.15) is 13.2 Å². The zero-order chi connectivity index (χ0) is 48.6. The average Bonchev–Trinajstić information content (AvgIpc) is 3.33. The lowest BCUT2D eigenvalue weighted by molar-refractivity contribution is -0.167. The van der Waals surface area contributed by atoms with Crippen LogP contribution in [-0.4, -0.2) is 37.2 Å². The molecule has 0 bridgehead atoms. The van der Waals surface area contributed by atoms with Crippen LogP contribution < -0.4 is 0 Å². The van der Waals surface area contributed by atoms with Crippen LogP contribution in [0.2, 0.25) is 0 Å². The van der Waals surface area contributed by atoms with E-state index < -0.39 is 6.10 Å². The van der Waals surface area contributed by atoms with E-state index >= 15 is 0 Å². The van der Waals surface area contributed by atoms with E-state index in [0.717, 1.165) is 116 Å². The maximum Gasteiger partial charge on any atom is 0.306 e. The summed E-state index contributed by atoms with van der Waals surface area (Å²) in [5, 5.41) is 0. The molecule has 0 aliphatic carbocycles. The van der Waals surface area contributed by atoms with Gasteiger partial charge < -0.3 is 14.2 Å². The van der Waals surface area contributed by atoms with Crippen LogP contribution >= 0.6 is 0 Å². The van der Waals surface area contributed by atoms with E-state index in [2.05, 4.69) is 106 Å². The van der Waals surface area contributed by atoms with Crippen molar-refractivity contribution >= 4 is 17.9 Å². The van der Waals surface area contributed by atoms with E-state index in [9.17, 15) is 14.4 Å². The Bertz CT molecular complexity index is 1300. The van der Waals surface area contributed by atoms with Crippen molar-refractivity contribution in [2.24, 2.45) is 0 Å². The molecule has 6 heteroatoms. The summed E-state index contributed by atoms with van der Waals surface area (Å²) in [6.45, 7) is 6.48. The molecular weight excluding hydrogens is 829 g/mol. The van der Waals surface area contributed by atoms with Crippen molar-refractivity contribution in [2.75, 3.05) is 13.2 Å². The first-order valence-electron chi connectivity index (χ1n) is 28.1. The van der Waals surface area contributed by atoms with Crippen LogP contribution in [0.25, 0.3) is 0 Å². The summed E-state index contributed by atoms with van der Waals surface area (Å²) in [6.07, 6.45) is 71.3. The predicted molar refractivity (Wildman–Crippen MR) is 288 cm³/mol. The van der Waals surface area contributed by atoms with Gasteiger partial charge >= 0.3 is 17.9 Å². The Balaban J connectivity index is 4.44. The number of ether oxygens (including phenoxy) is 3. The lowest BCUT2D eigenvalue weighted by Crippen LogP contribution is -2.30. The van der Waals surface area contributed by atoms with Crippen molar-refractivity contribution in [2.45, 2.75) is 271 Å². The summed E-state index contributed by atoms with van der Waals surface area (Å²) in [4.78, 5) is 38.1. The summed E-state index contributed by atoms with van der Waals surface area (Å²) in [5.74, 6) is -0.921. The van der Waals surface area contributed by atoms with E-state index in [1.54, 1.807) is 0 Å². The monoisotopic (exact) mass is 933 g/mol. The third-order valence-electron chi connectivity index (χ3n) is 11.9. The molecule has 0 aliphatic heterocycles. The Kier molecular flexibility index (Phi) is 52.4. The fourth-order valence-electron chi connectivity index (χ4n) is 7.68. The second-order valence-electron chi connectivity index (χ2n) is 18.5. The lowest BCUT2D eigenvalue weighted by atomic mass is 10.0. The fourth-order valence-corrected chi connectivity index (χ4v) is 7.68. The molecule has 0 heterocycles. The van der Waals surface area contributed by atoms with E-state index in [0.29, 0.717) is 19.3 Å². The molecule has 0 saturated heterocycles. The van der Waals surface area contributed by atoms with Gasteiger partial charge in [0.2, 0.25) is 0 Å². The highest BCUT2D eigenvalue weighted by Gasteiger charge is 2.19. The molecule has 0 spiro atoms. The number of hydrogen-bond donors (Lipinski definition) is 0. The van der Waals surface area contributed by atoms with Gasteiger partial charge in [-0.3, -0.25) is 14.4 Å². The Morgan fingerprint density at radius 1 is 0.313 bits per heavy atom. The molecule has 0 amide bonds. The number of esters is 3. The first kappa shape index (κ1) is 63.6. The third-order valence-corrected chi connectivity index (χ3v) is 11.9. The standard InChI is InChI=1S/C61H104O6/c1-4-7-10-13-16-19-22-25-27-29-30-32-33-36-39-42-45-48-51-54-60(63)66-57-58(56-65-59(62)53-50-47-44-41-38-35-24-21-18-15-12-9-6-3)67-61(64)55-52-49-46-43-40-37-34-31-28-26-23-20-17-14-11-8-5-2/h8,11,16-17,19-20,25-28,30,32,34,37,58H,4-7,9-10,12-15,18,21-24,29,31,33,35-36,38-57H2,1-3H3/b11-8-,19-16-,20-17-,27-25-,28-26-,32-30-,37-34-. The van der Waals surface area contributed by atoms with Crippen molar-refractivity contribution < 1.29 is 28.6 Å². The highest BCUT2D eigenvalue weighted by Crippen LogP contribution is 2.15. The summed E-state index contributed by atoms with van der Waals surface area (Å²) in [5.41, 5.74) is 0. The van der Waals surface area contributed by atoms with Gasteiger partial charge in [-0.05, 0) is 96.3 Å². The molecule has 0 aromatic carbocycles. The smallest absolute Gasteiger partial charge is 0.306 e. The number of carbonyl (C=O) groups is 3. The molecule has 0 fully saturated rings. The first-order chi connectivity index (χ1) is 33.0. The maximum absolute atomic E-state index is 12.8. The number of allylic oxidation sites excluding steroid dienone is 14. The van der Waals surface area contributed by atoms with Gasteiger partial charge in [0.25, 0.3) is 0 Å². The van der Waals surface area contributed by atoms with Gasteiger partial charge in [0.15, 0.2) is 6.10 Å². The van der Waals surface area contributed by atoms with Crippen molar-refractivity contribution in [3.63, 3.8) is 0 Å². The Labute approximate surface area is 414 Å². The zero-order valence-corrected chi connectivity index (χ0v) is 43.9. The molecule has 1 unspecified atom stereocenters. The highest BCUT2D eigenvalue weighted by molar-refractivity contribution is 5.71. The number of carbonyl (C=O) groups excluding carboxylic acids is 3. The van der Waals surface area contributed by atoms with Crippen molar-refractivity contribution in [3.8, 4) is 0 Å². The fraction of sp³-hybridized carbons (Fsp3) is 0.721. The second-order valence-corrected chi connectivity index (χ2v) is 18.5. The van der Waals surface area contributed by atoms with Gasteiger partial charge in [-0.1, -0.05) is 234 Å². The van der Waals surface area contributed by atoms with Crippen LogP contribution in [0.15, 0.2) is 85.1 Å². The Morgan fingerprint density at radius 2 is 0.582 bits per heavy atom. The van der Waals surface area contributed by atoms with E-state index in [4.69, 9.17) is 14.2 Å². The zero-order valence-electron chi connectivity index (χ0n) is 43.9. The van der Waals surface area contributed by atoms with E-state index in [1.165, 1.54) is 109 Å². The summed E-state index contributed by atoms with van der Waals surface area (Å²) < 4.78 is 16.8. The van der Waals surface area contributed by atoms with Crippen LogP contribution in [0, 0.1) is 0 Å². The molecule has 6 nitrogen and oxygen atoms in total. The molecule has 0 aromatic heterocycles. The van der Waals surface area contributed by atoms with E-state index in [-0.39, 0.29) is 31.1 Å². The molecule has 0 N–H and O–H groups in total. The quantitative estimate of drug-likeness (QED) is 0.0262. The Morgan fingerprint density at radius 3 is 0.940 bits per heavy atom. The average molecular weight is 933 g/mol. The largest absolute Gasteiger partial charge is 0.462 e. The minimum absolute atomic E-state index is 0.0894. The van der Waals surface area contributed by atoms with Gasteiger partial charge in [-0.15, -0.1) is 0 Å². The molecule has 0 aliphatic rings. The SMILES string of the molecule is CC/C=C\C/C=C\C/C=C\C/C=C\CCCCCCC(=O)OC(COC(=O)CCCCCCCC/C=C\C/C=C\C/C=C\CCCCC)COC(=O)CCCCCCCCCCCCCCC. The van der Waals surface area contributed by atoms with Crippen LogP contribution in [0.4, 0.5) is 0 Å². The first-order valence-corrected chi connectivity index (χ1v) is 28.1. The molecule has 384 valence electrons. The van der Waals surface area contributed by atoms with Crippen LogP contribution in [0.3, 0.4) is 0 Å². The molecular formula is C61H104O6. The predicted octanol–water partition coefficient (Wildman–Crippen LogP) is 18.8. The van der Waals surface area contributed by atoms with Gasteiger partial charge in [-0.25, -0.2) is 0 Å². The van der Waals surface area contributed by atoms with Crippen molar-refractivity contribution in [1.29, 1.82) is 0 Å². The number of hydrogen-bond acceptors (Lipinski definition) is 6. The highest BCUT2D eigenvalue weighted by atomic mass is 16.6. The summed E-state index contributed by atoms with van der Waals surface area (Å²) in [7, 11) is 0. The molecule has 0 aromatic rings. The van der Waals surface area contributed by atoms with Crippen LogP contribution in [0.1, 0.15) is 265 Å². The van der Waals surface area contributed by atoms with Crippen molar-refractivity contribution in [1.82, 2.24) is 0 Å². The van der Waals surface area contributed by atoms with Crippen LogP contribution in [0.5, 0.6) is 0 Å². The van der Waals surface area contributed by atoms with Crippen LogP contribution in [-0.2, 0) is 28.6 Å². The number of unbranched alkanes of at least 4 members (excludes halogenated alkanes) is 25. The Hall–Kier alpha value is -3.41. The molecule has 0 radical (unpaired) electrons. The molecule has 1 atom stereocenters. The second kappa shape index (κ2) is 55.2. The maximum atomic E-state index is 12.8. The minimum atomic E-state index is -0.794. The minimum Gasteiger partial charge on any atom is -0.462 e. The molecule has 0 rings (SSSR count). The third kappa shape index (κ3) is 53.4. The van der Waals surface area contributed by atoms with Gasteiger partial charge in [-0.2, -0.15) is 0 Å². The summed E-state index contributed by atoms with van der Waals surface area (Å²) >= 11 is 0. The molecule has 67 heavy (non-hydrogen) atoms.